The van der Waals surface area contributed by atoms with Gasteiger partial charge in [-0.2, -0.15) is 0 Å². The van der Waals surface area contributed by atoms with Crippen LogP contribution in [-0.2, 0) is 4.74 Å². The van der Waals surface area contributed by atoms with Crippen LogP contribution < -0.4 is 16.0 Å². The van der Waals surface area contributed by atoms with E-state index in [0.29, 0.717) is 18.4 Å². The quantitative estimate of drug-likeness (QED) is 0.564. The molecule has 6 heteroatoms. The van der Waals surface area contributed by atoms with E-state index in [0.717, 1.165) is 5.56 Å². The van der Waals surface area contributed by atoms with Gasteiger partial charge in [0, 0.05) is 20.6 Å². The van der Waals surface area contributed by atoms with Gasteiger partial charge in [-0.15, -0.1) is 0 Å². The second-order valence-electron chi connectivity index (χ2n) is 7.22. The maximum atomic E-state index is 12.2. The van der Waals surface area contributed by atoms with Crippen molar-refractivity contribution in [3.05, 3.63) is 35.4 Å². The molecule has 0 spiro atoms. The summed E-state index contributed by atoms with van der Waals surface area (Å²) in [5.74, 6) is 1.13. The number of benzene rings is 1. The number of nitrogens with one attached hydrogen (secondary N) is 3. The number of alkyl carbamates (subject to hydrolysis) is 1. The molecule has 0 aliphatic rings. The van der Waals surface area contributed by atoms with E-state index in [1.807, 2.05) is 32.9 Å². The number of ether oxygens (including phenoxy) is 1. The first kappa shape index (κ1) is 20.8. The van der Waals surface area contributed by atoms with Gasteiger partial charge >= 0.3 is 6.09 Å². The summed E-state index contributed by atoms with van der Waals surface area (Å²) < 4.78 is 5.39. The molecule has 6 nitrogen and oxygen atoms in total. The molecule has 0 aliphatic carbocycles. The lowest BCUT2D eigenvalue weighted by atomic mass is 9.99. The third kappa shape index (κ3) is 7.45. The summed E-state index contributed by atoms with van der Waals surface area (Å²) >= 11 is 0. The van der Waals surface area contributed by atoms with Crippen LogP contribution in [0.25, 0.3) is 0 Å². The van der Waals surface area contributed by atoms with E-state index in [-0.39, 0.29) is 6.04 Å². The van der Waals surface area contributed by atoms with Crippen molar-refractivity contribution in [3.63, 3.8) is 0 Å². The Bertz CT molecular complexity index is 574. The molecule has 1 rings (SSSR count). The highest BCUT2D eigenvalue weighted by atomic mass is 16.6. The number of rotatable bonds is 5. The summed E-state index contributed by atoms with van der Waals surface area (Å²) in [7, 11) is 3.50. The Morgan fingerprint density at radius 1 is 1.16 bits per heavy atom. The lowest BCUT2D eigenvalue weighted by Gasteiger charge is -2.25. The summed E-state index contributed by atoms with van der Waals surface area (Å²) in [5.41, 5.74) is 1.73. The molecule has 140 valence electrons. The second-order valence-corrected chi connectivity index (χ2v) is 7.22. The summed E-state index contributed by atoms with van der Waals surface area (Å²) in [6.07, 6.45) is -0.438. The van der Waals surface area contributed by atoms with Crippen LogP contribution in [0.5, 0.6) is 0 Å². The van der Waals surface area contributed by atoms with E-state index in [2.05, 4.69) is 46.9 Å². The molecule has 0 saturated heterocycles. The van der Waals surface area contributed by atoms with E-state index in [1.54, 1.807) is 14.1 Å². The van der Waals surface area contributed by atoms with Crippen molar-refractivity contribution in [3.8, 4) is 0 Å². The molecule has 0 bridgehead atoms. The zero-order valence-electron chi connectivity index (χ0n) is 16.4. The zero-order valence-corrected chi connectivity index (χ0v) is 16.4. The van der Waals surface area contributed by atoms with Crippen LogP contribution in [0.15, 0.2) is 29.3 Å². The lowest BCUT2D eigenvalue weighted by Crippen LogP contribution is -2.43. The van der Waals surface area contributed by atoms with Crippen molar-refractivity contribution >= 4 is 12.1 Å². The molecular formula is C19H32N4O2. The third-order valence-electron chi connectivity index (χ3n) is 3.63. The molecular weight excluding hydrogens is 316 g/mol. The first-order valence-corrected chi connectivity index (χ1v) is 8.64. The van der Waals surface area contributed by atoms with Crippen LogP contribution in [0.2, 0.25) is 0 Å². The zero-order chi connectivity index (χ0) is 19.0. The van der Waals surface area contributed by atoms with Gasteiger partial charge in [0.2, 0.25) is 0 Å². The highest BCUT2D eigenvalue weighted by molar-refractivity contribution is 5.79. The van der Waals surface area contributed by atoms with Gasteiger partial charge in [0.05, 0.1) is 6.04 Å². The fraction of sp³-hybridized carbons (Fsp3) is 0.579. The van der Waals surface area contributed by atoms with Crippen molar-refractivity contribution in [2.75, 3.05) is 20.6 Å². The van der Waals surface area contributed by atoms with Gasteiger partial charge in [-0.25, -0.2) is 4.79 Å². The monoisotopic (exact) mass is 348 g/mol. The van der Waals surface area contributed by atoms with Crippen LogP contribution in [0, 0.1) is 0 Å². The average Bonchev–Trinajstić information content (AvgIpc) is 2.53. The van der Waals surface area contributed by atoms with Crippen molar-refractivity contribution in [1.82, 2.24) is 16.0 Å². The van der Waals surface area contributed by atoms with Gasteiger partial charge < -0.3 is 20.7 Å². The molecule has 0 saturated carbocycles. The number of aliphatic imine (C=N–C) groups is 1. The van der Waals surface area contributed by atoms with Crippen LogP contribution in [0.4, 0.5) is 4.79 Å². The van der Waals surface area contributed by atoms with Crippen LogP contribution in [-0.4, -0.2) is 38.3 Å². The van der Waals surface area contributed by atoms with Gasteiger partial charge in [-0.3, -0.25) is 4.99 Å². The van der Waals surface area contributed by atoms with Gasteiger partial charge in [0.1, 0.15) is 5.60 Å². The first-order chi connectivity index (χ1) is 11.7. The van der Waals surface area contributed by atoms with Crippen molar-refractivity contribution in [2.45, 2.75) is 52.2 Å². The summed E-state index contributed by atoms with van der Waals surface area (Å²) in [6, 6.07) is 8.04. The molecule has 1 amide bonds. The predicted molar refractivity (Wildman–Crippen MR) is 103 cm³/mol. The highest BCUT2D eigenvalue weighted by Crippen LogP contribution is 2.19. The second kappa shape index (κ2) is 9.30. The number of amides is 1. The predicted octanol–water partition coefficient (Wildman–Crippen LogP) is 3.17. The molecule has 1 atom stereocenters. The van der Waals surface area contributed by atoms with E-state index in [1.165, 1.54) is 5.56 Å². The van der Waals surface area contributed by atoms with Crippen LogP contribution >= 0.6 is 0 Å². The Morgan fingerprint density at radius 3 is 2.16 bits per heavy atom. The van der Waals surface area contributed by atoms with E-state index < -0.39 is 11.7 Å². The number of carbonyl (C=O) groups is 1. The maximum absolute atomic E-state index is 12.2. The van der Waals surface area contributed by atoms with Crippen molar-refractivity contribution in [2.24, 2.45) is 4.99 Å². The average molecular weight is 348 g/mol. The minimum Gasteiger partial charge on any atom is -0.444 e. The topological polar surface area (TPSA) is 74.8 Å². The molecule has 0 heterocycles. The fourth-order valence-corrected chi connectivity index (χ4v) is 2.29. The Hall–Kier alpha value is -2.24. The van der Waals surface area contributed by atoms with Crippen molar-refractivity contribution in [1.29, 1.82) is 0 Å². The number of hydrogen-bond acceptors (Lipinski definition) is 3. The lowest BCUT2D eigenvalue weighted by molar-refractivity contribution is 0.0504. The Morgan fingerprint density at radius 2 is 1.72 bits per heavy atom. The molecule has 1 unspecified atom stereocenters. The minimum atomic E-state index is -0.537. The SMILES string of the molecule is CN=C(NC)NCC(NC(=O)OC(C)(C)C)c1ccc(C(C)C)cc1. The Kier molecular flexibility index (Phi) is 7.74. The molecule has 3 N–H and O–H groups in total. The molecule has 0 aromatic heterocycles. The number of guanidine groups is 1. The van der Waals surface area contributed by atoms with Gasteiger partial charge in [-0.1, -0.05) is 38.1 Å². The third-order valence-corrected chi connectivity index (χ3v) is 3.63. The van der Waals surface area contributed by atoms with E-state index in [4.69, 9.17) is 4.74 Å². The van der Waals surface area contributed by atoms with Gasteiger partial charge in [-0.05, 0) is 37.8 Å². The van der Waals surface area contributed by atoms with E-state index >= 15 is 0 Å². The van der Waals surface area contributed by atoms with E-state index in [9.17, 15) is 4.79 Å². The Balaban J connectivity index is 2.91. The van der Waals surface area contributed by atoms with Crippen LogP contribution in [0.1, 0.15) is 57.7 Å². The smallest absolute Gasteiger partial charge is 0.408 e. The minimum absolute atomic E-state index is 0.235. The Labute approximate surface area is 151 Å². The largest absolute Gasteiger partial charge is 0.444 e. The maximum Gasteiger partial charge on any atom is 0.408 e. The number of hydrogen-bond donors (Lipinski definition) is 3. The number of nitrogens with zero attached hydrogens (tertiary/aromatic N) is 1. The summed E-state index contributed by atoms with van der Waals surface area (Å²) in [6.45, 7) is 10.3. The molecule has 25 heavy (non-hydrogen) atoms. The van der Waals surface area contributed by atoms with Gasteiger partial charge in [0.25, 0.3) is 0 Å². The molecule has 0 aliphatic heterocycles. The normalized spacial score (nSPS) is 13.4. The molecule has 0 fully saturated rings. The summed E-state index contributed by atoms with van der Waals surface area (Å²) in [4.78, 5) is 16.3. The first-order valence-electron chi connectivity index (χ1n) is 8.64. The van der Waals surface area contributed by atoms with Gasteiger partial charge in [0.15, 0.2) is 5.96 Å². The number of carbonyl (C=O) groups excluding carboxylic acids is 1. The molecule has 0 radical (unpaired) electrons. The van der Waals surface area contributed by atoms with Crippen molar-refractivity contribution < 1.29 is 9.53 Å². The van der Waals surface area contributed by atoms with Crippen LogP contribution in [0.3, 0.4) is 0 Å². The fourth-order valence-electron chi connectivity index (χ4n) is 2.29. The highest BCUT2D eigenvalue weighted by Gasteiger charge is 2.21. The molecule has 1 aromatic carbocycles. The molecule has 1 aromatic rings. The standard InChI is InChI=1S/C19H32N4O2/c1-13(2)14-8-10-15(11-9-14)16(12-22-17(20-6)21-7)23-18(24)25-19(3,4)5/h8-11,13,16H,12H2,1-7H3,(H,23,24)(H2,20,21,22). The summed E-state index contributed by atoms with van der Waals surface area (Å²) in [5, 5.41) is 9.10.